The fraction of sp³-hybridized carbons (Fsp3) is 0.160. The van der Waals surface area contributed by atoms with E-state index in [0.29, 0.717) is 32.8 Å². The van der Waals surface area contributed by atoms with Crippen LogP contribution in [0, 0.1) is 13.8 Å². The molecular weight excluding hydrogens is 464 g/mol. The summed E-state index contributed by atoms with van der Waals surface area (Å²) in [5.74, 6) is -2.61. The van der Waals surface area contributed by atoms with Crippen LogP contribution in [0.1, 0.15) is 22.3 Å². The Bertz CT molecular complexity index is 1350. The topological polar surface area (TPSA) is 47.0 Å². The highest BCUT2D eigenvalue weighted by Crippen LogP contribution is 2.32. The molecule has 0 saturated carbocycles. The molecule has 1 N–H and O–H groups in total. The first-order chi connectivity index (χ1) is 15.7. The van der Waals surface area contributed by atoms with Crippen molar-refractivity contribution in [3.05, 3.63) is 94.0 Å². The molecule has 1 aromatic heterocycles. The van der Waals surface area contributed by atoms with Gasteiger partial charge in [-0.05, 0) is 43.7 Å². The monoisotopic (exact) mass is 483 g/mol. The summed E-state index contributed by atoms with van der Waals surface area (Å²) < 4.78 is 36.0. The number of thiocarbonyl (C=S) groups is 1. The first kappa shape index (κ1) is 23.0. The SMILES string of the molecule is Cc1ccc(C(F)(F)CNC(=S)c2c(Oc3cccc(Cl)c3)nnc3ccccc23)c(C)c1. The maximum Gasteiger partial charge on any atom is 0.290 e. The first-order valence-electron chi connectivity index (χ1n) is 10.2. The number of alkyl halides is 2. The molecule has 0 fully saturated rings. The Morgan fingerprint density at radius 1 is 1.03 bits per heavy atom. The number of benzene rings is 3. The van der Waals surface area contributed by atoms with Crippen molar-refractivity contribution in [2.24, 2.45) is 0 Å². The Balaban J connectivity index is 1.66. The highest BCUT2D eigenvalue weighted by molar-refractivity contribution is 7.80. The molecule has 8 heteroatoms. The molecule has 168 valence electrons. The minimum absolute atomic E-state index is 0.0449. The number of nitrogens with one attached hydrogen (secondary N) is 1. The smallest absolute Gasteiger partial charge is 0.290 e. The molecule has 3 aromatic carbocycles. The van der Waals surface area contributed by atoms with Gasteiger partial charge in [0.2, 0.25) is 5.88 Å². The normalized spacial score (nSPS) is 11.4. The predicted molar refractivity (Wildman–Crippen MR) is 131 cm³/mol. The molecule has 0 saturated heterocycles. The van der Waals surface area contributed by atoms with Crippen molar-refractivity contribution in [1.29, 1.82) is 0 Å². The van der Waals surface area contributed by atoms with Crippen molar-refractivity contribution < 1.29 is 13.5 Å². The lowest BCUT2D eigenvalue weighted by molar-refractivity contribution is 0.000864. The van der Waals surface area contributed by atoms with Gasteiger partial charge in [-0.15, -0.1) is 10.2 Å². The van der Waals surface area contributed by atoms with Crippen molar-refractivity contribution in [3.63, 3.8) is 0 Å². The van der Waals surface area contributed by atoms with Gasteiger partial charge in [0.25, 0.3) is 5.92 Å². The lowest BCUT2D eigenvalue weighted by Gasteiger charge is -2.21. The molecule has 4 rings (SSSR count). The van der Waals surface area contributed by atoms with Gasteiger partial charge < -0.3 is 10.1 Å². The molecular formula is C25H20ClF2N3OS. The van der Waals surface area contributed by atoms with Crippen molar-refractivity contribution in [1.82, 2.24) is 15.5 Å². The van der Waals surface area contributed by atoms with Gasteiger partial charge in [0, 0.05) is 16.0 Å². The van der Waals surface area contributed by atoms with Crippen molar-refractivity contribution in [3.8, 4) is 11.6 Å². The number of rotatable bonds is 6. The lowest BCUT2D eigenvalue weighted by atomic mass is 10.00. The van der Waals surface area contributed by atoms with Crippen LogP contribution in [0.15, 0.2) is 66.7 Å². The third-order valence-corrected chi connectivity index (χ3v) is 5.70. The molecule has 0 amide bonds. The summed E-state index contributed by atoms with van der Waals surface area (Å²) in [6.45, 7) is 2.86. The predicted octanol–water partition coefficient (Wildman–Crippen LogP) is 6.75. The van der Waals surface area contributed by atoms with E-state index in [1.54, 1.807) is 55.5 Å². The van der Waals surface area contributed by atoms with E-state index in [1.807, 2.05) is 19.1 Å². The van der Waals surface area contributed by atoms with E-state index in [1.165, 1.54) is 6.07 Å². The number of halogens is 3. The van der Waals surface area contributed by atoms with Crippen LogP contribution in [0.4, 0.5) is 8.78 Å². The quantitative estimate of drug-likeness (QED) is 0.307. The third kappa shape index (κ3) is 5.10. The lowest BCUT2D eigenvalue weighted by Crippen LogP contribution is -2.35. The van der Waals surface area contributed by atoms with Crippen molar-refractivity contribution >= 4 is 39.7 Å². The Morgan fingerprint density at radius 3 is 2.58 bits per heavy atom. The Kier molecular flexibility index (Phi) is 6.54. The summed E-state index contributed by atoms with van der Waals surface area (Å²) in [5.41, 5.74) is 2.35. The Hall–Kier alpha value is -3.16. The maximum absolute atomic E-state index is 15.0. The average Bonchev–Trinajstić information content (AvgIpc) is 2.77. The summed E-state index contributed by atoms with van der Waals surface area (Å²) in [6, 6.07) is 18.8. The van der Waals surface area contributed by atoms with Crippen LogP contribution in [0.3, 0.4) is 0 Å². The Labute approximate surface area is 200 Å². The minimum Gasteiger partial charge on any atom is -0.437 e. The summed E-state index contributed by atoms with van der Waals surface area (Å²) in [7, 11) is 0. The molecule has 0 aliphatic carbocycles. The number of fused-ring (bicyclic) bond motifs is 1. The van der Waals surface area contributed by atoms with E-state index in [2.05, 4.69) is 15.5 Å². The van der Waals surface area contributed by atoms with Crippen LogP contribution < -0.4 is 10.1 Å². The molecule has 0 bridgehead atoms. The highest BCUT2D eigenvalue weighted by atomic mass is 35.5. The zero-order valence-corrected chi connectivity index (χ0v) is 19.5. The van der Waals surface area contributed by atoms with Gasteiger partial charge in [0.05, 0.1) is 17.6 Å². The molecule has 4 aromatic rings. The van der Waals surface area contributed by atoms with E-state index < -0.39 is 12.5 Å². The minimum atomic E-state index is -3.13. The number of hydrogen-bond acceptors (Lipinski definition) is 4. The maximum atomic E-state index is 15.0. The number of nitrogens with zero attached hydrogens (tertiary/aromatic N) is 2. The van der Waals surface area contributed by atoms with Crippen LogP contribution in [0.2, 0.25) is 5.02 Å². The van der Waals surface area contributed by atoms with Crippen LogP contribution in [-0.4, -0.2) is 21.7 Å². The molecule has 4 nitrogen and oxygen atoms in total. The van der Waals surface area contributed by atoms with Crippen LogP contribution >= 0.6 is 23.8 Å². The van der Waals surface area contributed by atoms with E-state index in [0.717, 1.165) is 5.56 Å². The van der Waals surface area contributed by atoms with Gasteiger partial charge in [0.1, 0.15) is 10.7 Å². The van der Waals surface area contributed by atoms with Crippen molar-refractivity contribution in [2.75, 3.05) is 6.54 Å². The van der Waals surface area contributed by atoms with Gasteiger partial charge in [-0.3, -0.25) is 0 Å². The third-order valence-electron chi connectivity index (χ3n) is 5.12. The molecule has 0 aliphatic rings. The second kappa shape index (κ2) is 9.37. The number of aromatic nitrogens is 2. The molecule has 0 spiro atoms. The second-order valence-corrected chi connectivity index (χ2v) is 8.51. The molecule has 1 heterocycles. The largest absolute Gasteiger partial charge is 0.437 e. The van der Waals surface area contributed by atoms with Crippen LogP contribution in [0.5, 0.6) is 11.6 Å². The number of hydrogen-bond donors (Lipinski definition) is 1. The molecule has 0 aliphatic heterocycles. The van der Waals surface area contributed by atoms with Crippen LogP contribution in [-0.2, 0) is 5.92 Å². The first-order valence-corrected chi connectivity index (χ1v) is 11.0. The summed E-state index contributed by atoms with van der Waals surface area (Å²) >= 11 is 11.6. The van der Waals surface area contributed by atoms with E-state index >= 15 is 8.78 Å². The summed E-state index contributed by atoms with van der Waals surface area (Å²) in [5, 5.41) is 12.2. The van der Waals surface area contributed by atoms with Gasteiger partial charge in [-0.25, -0.2) is 0 Å². The van der Waals surface area contributed by atoms with Gasteiger partial charge >= 0.3 is 0 Å². The summed E-state index contributed by atoms with van der Waals surface area (Å²) in [4.78, 5) is 0.0857. The average molecular weight is 484 g/mol. The zero-order chi connectivity index (χ0) is 23.6. The fourth-order valence-corrected chi connectivity index (χ4v) is 4.02. The van der Waals surface area contributed by atoms with E-state index in [9.17, 15) is 0 Å². The molecule has 33 heavy (non-hydrogen) atoms. The second-order valence-electron chi connectivity index (χ2n) is 7.66. The number of aryl methyl sites for hydroxylation is 2. The standard InChI is InChI=1S/C25H20ClF2N3OS/c1-15-10-11-20(16(2)12-15)25(27,28)14-29-24(33)22-19-8-3-4-9-21(19)30-31-23(22)32-18-7-5-6-17(26)13-18/h3-13H,14H2,1-2H3,(H,29,33). The highest BCUT2D eigenvalue weighted by Gasteiger charge is 2.33. The fourth-order valence-electron chi connectivity index (χ4n) is 3.57. The van der Waals surface area contributed by atoms with Gasteiger partial charge in [-0.2, -0.15) is 8.78 Å². The Morgan fingerprint density at radius 2 is 1.82 bits per heavy atom. The zero-order valence-electron chi connectivity index (χ0n) is 17.9. The van der Waals surface area contributed by atoms with Crippen molar-refractivity contribution in [2.45, 2.75) is 19.8 Å². The number of ether oxygens (including phenoxy) is 1. The molecule has 0 unspecified atom stereocenters. The van der Waals surface area contributed by atoms with E-state index in [4.69, 9.17) is 28.6 Å². The van der Waals surface area contributed by atoms with Gasteiger partial charge in [-0.1, -0.05) is 71.8 Å². The summed E-state index contributed by atoms with van der Waals surface area (Å²) in [6.07, 6.45) is 0. The van der Waals surface area contributed by atoms with Crippen LogP contribution in [0.25, 0.3) is 10.9 Å². The molecule has 0 atom stereocenters. The van der Waals surface area contributed by atoms with E-state index in [-0.39, 0.29) is 16.4 Å². The van der Waals surface area contributed by atoms with Gasteiger partial charge in [0.15, 0.2) is 0 Å². The molecule has 0 radical (unpaired) electrons.